The fourth-order valence-corrected chi connectivity index (χ4v) is 1.73. The van der Waals surface area contributed by atoms with Gasteiger partial charge in [-0.1, -0.05) is 12.1 Å². The highest BCUT2D eigenvalue weighted by Gasteiger charge is 2.47. The Morgan fingerprint density at radius 1 is 1.33 bits per heavy atom. The third kappa shape index (κ3) is 4.35. The molecule has 1 aliphatic heterocycles. The van der Waals surface area contributed by atoms with Crippen molar-refractivity contribution in [3.8, 4) is 5.75 Å². The molecule has 1 atom stereocenters. The molecule has 1 amide bonds. The second-order valence-electron chi connectivity index (χ2n) is 4.03. The molecule has 0 saturated carbocycles. The maximum absolute atomic E-state index is 13.6. The first-order valence-electron chi connectivity index (χ1n) is 5.34. The molecule has 1 aliphatic rings. The standard InChI is InChI=1S/C11H8F5NO3.ClH/c12-10(13)5-19-9(18)17-8(10)6-2-1-3-7(4-6)20-11(14,15)16;/h1-4,8H,5H2,(H,17,18);1H/t8-;/m0./s1. The molecule has 1 heterocycles. The fraction of sp³-hybridized carbons (Fsp3) is 0.364. The zero-order chi connectivity index (χ0) is 15.0. The van der Waals surface area contributed by atoms with Crippen molar-refractivity contribution in [3.63, 3.8) is 0 Å². The average molecular weight is 334 g/mol. The number of cyclic esters (lactones) is 1. The van der Waals surface area contributed by atoms with Crippen LogP contribution < -0.4 is 10.1 Å². The van der Waals surface area contributed by atoms with Crippen molar-refractivity contribution in [1.29, 1.82) is 0 Å². The van der Waals surface area contributed by atoms with E-state index in [2.05, 4.69) is 9.47 Å². The fourth-order valence-electron chi connectivity index (χ4n) is 1.73. The smallest absolute Gasteiger partial charge is 0.443 e. The number of hydrogen-bond acceptors (Lipinski definition) is 3. The minimum Gasteiger partial charge on any atom is -0.443 e. The summed E-state index contributed by atoms with van der Waals surface area (Å²) < 4.78 is 71.2. The molecular weight excluding hydrogens is 325 g/mol. The van der Waals surface area contributed by atoms with Gasteiger partial charge in [-0.15, -0.1) is 25.6 Å². The van der Waals surface area contributed by atoms with E-state index < -0.39 is 36.8 Å². The van der Waals surface area contributed by atoms with E-state index >= 15 is 0 Å². The number of carbonyl (C=O) groups is 1. The number of rotatable bonds is 2. The minimum absolute atomic E-state index is 0. The Bertz CT molecular complexity index is 523. The van der Waals surface area contributed by atoms with Crippen LogP contribution in [0, 0.1) is 0 Å². The van der Waals surface area contributed by atoms with Crippen LogP contribution in [-0.4, -0.2) is 25.0 Å². The van der Waals surface area contributed by atoms with Crippen molar-refractivity contribution in [1.82, 2.24) is 5.32 Å². The lowest BCUT2D eigenvalue weighted by molar-refractivity contribution is -0.274. The summed E-state index contributed by atoms with van der Waals surface area (Å²) in [5, 5.41) is 1.87. The number of alkyl halides is 5. The molecule has 10 heteroatoms. The number of amides is 1. The van der Waals surface area contributed by atoms with Gasteiger partial charge in [0.2, 0.25) is 0 Å². The van der Waals surface area contributed by atoms with Crippen LogP contribution in [0.1, 0.15) is 11.6 Å². The summed E-state index contributed by atoms with van der Waals surface area (Å²) in [7, 11) is 0. The Balaban J connectivity index is 0.00000220. The van der Waals surface area contributed by atoms with Gasteiger partial charge < -0.3 is 14.8 Å². The molecule has 1 fully saturated rings. The Morgan fingerprint density at radius 3 is 2.62 bits per heavy atom. The van der Waals surface area contributed by atoms with Gasteiger partial charge in [0.15, 0.2) is 6.61 Å². The summed E-state index contributed by atoms with van der Waals surface area (Å²) in [5.74, 6) is -4.09. The normalized spacial score (nSPS) is 20.8. The molecule has 0 bridgehead atoms. The van der Waals surface area contributed by atoms with E-state index in [9.17, 15) is 26.7 Å². The summed E-state index contributed by atoms with van der Waals surface area (Å²) in [6, 6.07) is 2.26. The summed E-state index contributed by atoms with van der Waals surface area (Å²) >= 11 is 0. The first-order valence-corrected chi connectivity index (χ1v) is 5.34. The number of carbonyl (C=O) groups excluding carboxylic acids is 1. The number of ether oxygens (including phenoxy) is 2. The molecule has 0 unspecified atom stereocenters. The maximum Gasteiger partial charge on any atom is 0.573 e. The quantitative estimate of drug-likeness (QED) is 0.844. The Morgan fingerprint density at radius 2 is 2.00 bits per heavy atom. The Kier molecular flexibility index (Phi) is 4.87. The highest BCUT2D eigenvalue weighted by atomic mass is 35.5. The van der Waals surface area contributed by atoms with Gasteiger partial charge in [-0.25, -0.2) is 13.6 Å². The molecule has 1 aromatic rings. The van der Waals surface area contributed by atoms with Crippen molar-refractivity contribution in [2.24, 2.45) is 0 Å². The molecule has 1 aromatic carbocycles. The second kappa shape index (κ2) is 5.92. The third-order valence-corrected chi connectivity index (χ3v) is 2.51. The number of halogens is 6. The molecule has 2 rings (SSSR count). The number of alkyl carbamates (subject to hydrolysis) is 1. The molecule has 1 saturated heterocycles. The van der Waals surface area contributed by atoms with Gasteiger partial charge in [0.25, 0.3) is 0 Å². The van der Waals surface area contributed by atoms with E-state index in [0.29, 0.717) is 0 Å². The van der Waals surface area contributed by atoms with Crippen molar-refractivity contribution in [2.75, 3.05) is 6.61 Å². The first-order chi connectivity index (χ1) is 9.17. The topological polar surface area (TPSA) is 47.6 Å². The van der Waals surface area contributed by atoms with Crippen LogP contribution in [0.5, 0.6) is 5.75 Å². The molecular formula is C11H9ClF5NO3. The second-order valence-corrected chi connectivity index (χ2v) is 4.03. The van der Waals surface area contributed by atoms with Crippen LogP contribution >= 0.6 is 12.4 Å². The summed E-state index contributed by atoms with van der Waals surface area (Å²) in [6.45, 7) is -1.14. The van der Waals surface area contributed by atoms with Gasteiger partial charge in [-0.05, 0) is 17.7 Å². The van der Waals surface area contributed by atoms with Gasteiger partial charge in [0.1, 0.15) is 11.8 Å². The SMILES string of the molecule is Cl.O=C1N[C@@H](c2cccc(OC(F)(F)F)c2)C(F)(F)CO1. The Labute approximate surface area is 121 Å². The maximum atomic E-state index is 13.6. The number of nitrogens with one attached hydrogen (secondary N) is 1. The molecule has 1 N–H and O–H groups in total. The van der Waals surface area contributed by atoms with Crippen molar-refractivity contribution < 1.29 is 36.2 Å². The van der Waals surface area contributed by atoms with Crippen LogP contribution in [0.25, 0.3) is 0 Å². The predicted molar refractivity (Wildman–Crippen MR) is 62.5 cm³/mol. The highest BCUT2D eigenvalue weighted by molar-refractivity contribution is 5.85. The van der Waals surface area contributed by atoms with E-state index in [1.807, 2.05) is 5.32 Å². The molecule has 0 radical (unpaired) electrons. The minimum atomic E-state index is -4.93. The van der Waals surface area contributed by atoms with Crippen molar-refractivity contribution >= 4 is 18.5 Å². The molecule has 4 nitrogen and oxygen atoms in total. The summed E-state index contributed by atoms with van der Waals surface area (Å²) in [4.78, 5) is 11.0. The Hall–Kier alpha value is -1.77. The first kappa shape index (κ1) is 17.3. The monoisotopic (exact) mass is 333 g/mol. The zero-order valence-electron chi connectivity index (χ0n) is 10.1. The van der Waals surface area contributed by atoms with Crippen LogP contribution in [-0.2, 0) is 4.74 Å². The van der Waals surface area contributed by atoms with Crippen molar-refractivity contribution in [2.45, 2.75) is 18.3 Å². The lowest BCUT2D eigenvalue weighted by Gasteiger charge is -2.31. The van der Waals surface area contributed by atoms with E-state index in [0.717, 1.165) is 24.3 Å². The summed E-state index contributed by atoms with van der Waals surface area (Å²) in [6.07, 6.45) is -6.00. The molecule has 0 aliphatic carbocycles. The van der Waals surface area contributed by atoms with Gasteiger partial charge in [-0.2, -0.15) is 0 Å². The highest BCUT2D eigenvalue weighted by Crippen LogP contribution is 2.36. The van der Waals surface area contributed by atoms with E-state index in [1.165, 1.54) is 0 Å². The third-order valence-electron chi connectivity index (χ3n) is 2.51. The van der Waals surface area contributed by atoms with Crippen LogP contribution in [0.2, 0.25) is 0 Å². The van der Waals surface area contributed by atoms with Gasteiger partial charge >= 0.3 is 18.4 Å². The average Bonchev–Trinajstić information content (AvgIpc) is 2.30. The van der Waals surface area contributed by atoms with Crippen LogP contribution in [0.15, 0.2) is 24.3 Å². The van der Waals surface area contributed by atoms with E-state index in [-0.39, 0.29) is 18.0 Å². The summed E-state index contributed by atoms with van der Waals surface area (Å²) in [5.41, 5.74) is -0.214. The number of hydrogen-bond donors (Lipinski definition) is 1. The lowest BCUT2D eigenvalue weighted by atomic mass is 10.00. The number of benzene rings is 1. The van der Waals surface area contributed by atoms with Crippen LogP contribution in [0.4, 0.5) is 26.7 Å². The molecule has 21 heavy (non-hydrogen) atoms. The predicted octanol–water partition coefficient (Wildman–Crippen LogP) is 3.42. The van der Waals surface area contributed by atoms with Gasteiger partial charge in [0.05, 0.1) is 0 Å². The molecule has 118 valence electrons. The molecule has 0 spiro atoms. The lowest BCUT2D eigenvalue weighted by Crippen LogP contribution is -2.49. The molecule has 0 aromatic heterocycles. The van der Waals surface area contributed by atoms with Crippen LogP contribution in [0.3, 0.4) is 0 Å². The van der Waals surface area contributed by atoms with E-state index in [1.54, 1.807) is 0 Å². The largest absolute Gasteiger partial charge is 0.573 e. The van der Waals surface area contributed by atoms with Crippen molar-refractivity contribution in [3.05, 3.63) is 29.8 Å². The van der Waals surface area contributed by atoms with Gasteiger partial charge in [0, 0.05) is 0 Å². The zero-order valence-corrected chi connectivity index (χ0v) is 10.9. The van der Waals surface area contributed by atoms with E-state index in [4.69, 9.17) is 0 Å². The van der Waals surface area contributed by atoms with Gasteiger partial charge in [-0.3, -0.25) is 0 Å².